The molecule has 0 aliphatic heterocycles. The molecule has 0 aliphatic rings. The first kappa shape index (κ1) is 17.0. The smallest absolute Gasteiger partial charge is 0.248 e. The van der Waals surface area contributed by atoms with Crippen molar-refractivity contribution >= 4 is 44.3 Å². The molecule has 0 fully saturated rings. The van der Waals surface area contributed by atoms with Crippen molar-refractivity contribution in [1.82, 2.24) is 4.90 Å². The topological polar surface area (TPSA) is 62.6 Å². The highest BCUT2D eigenvalue weighted by Gasteiger charge is 2.20. The van der Waals surface area contributed by atoms with E-state index in [4.69, 9.17) is 4.42 Å². The molecule has 1 aromatic carbocycles. The van der Waals surface area contributed by atoms with Crippen LogP contribution in [0.3, 0.4) is 0 Å². The number of hydrogen-bond acceptors (Lipinski definition) is 4. The van der Waals surface area contributed by atoms with Crippen LogP contribution in [0, 0.1) is 0 Å². The Morgan fingerprint density at radius 2 is 2.00 bits per heavy atom. The molecule has 0 saturated carbocycles. The summed E-state index contributed by atoms with van der Waals surface area (Å²) >= 11 is 3.39. The van der Waals surface area contributed by atoms with Gasteiger partial charge in [0.05, 0.1) is 5.69 Å². The number of hydrogen-bond donors (Lipinski definition) is 1. The Hall–Kier alpha value is -2.34. The first-order valence-electron chi connectivity index (χ1n) is 6.97. The van der Waals surface area contributed by atoms with Gasteiger partial charge < -0.3 is 14.6 Å². The molecule has 0 saturated heterocycles. The number of rotatable bonds is 5. The van der Waals surface area contributed by atoms with E-state index in [9.17, 15) is 9.59 Å². The van der Waals surface area contributed by atoms with Crippen LogP contribution in [-0.4, -0.2) is 30.7 Å². The lowest BCUT2D eigenvalue weighted by Crippen LogP contribution is -2.10. The second kappa shape index (κ2) is 7.28. The molecule has 1 aromatic heterocycles. The number of halogens is 1. The summed E-state index contributed by atoms with van der Waals surface area (Å²) in [6, 6.07) is 5.36. The fourth-order valence-corrected chi connectivity index (χ4v) is 2.34. The monoisotopic (exact) mass is 376 g/mol. The molecule has 5 nitrogen and oxygen atoms in total. The predicted molar refractivity (Wildman–Crippen MR) is 94.5 cm³/mol. The van der Waals surface area contributed by atoms with Crippen LogP contribution in [0.4, 0.5) is 5.69 Å². The van der Waals surface area contributed by atoms with Gasteiger partial charge in [-0.05, 0) is 31.2 Å². The summed E-state index contributed by atoms with van der Waals surface area (Å²) in [5, 5.41) is 3.39. The Morgan fingerprint density at radius 3 is 2.65 bits per heavy atom. The highest BCUT2D eigenvalue weighted by Crippen LogP contribution is 2.33. The maximum absolute atomic E-state index is 12.4. The molecule has 0 unspecified atom stereocenters. The number of furan rings is 1. The summed E-state index contributed by atoms with van der Waals surface area (Å²) in [5.74, 6) is -0.531. The zero-order valence-electron chi connectivity index (χ0n) is 13.1. The minimum Gasteiger partial charge on any atom is -0.450 e. The zero-order valence-corrected chi connectivity index (χ0v) is 14.7. The molecular formula is C17H17BrN2O3. The lowest BCUT2D eigenvalue weighted by atomic mass is 10.2. The van der Waals surface area contributed by atoms with E-state index in [1.165, 1.54) is 12.2 Å². The van der Waals surface area contributed by atoms with Gasteiger partial charge in [0.2, 0.25) is 11.7 Å². The predicted octanol–water partition coefficient (Wildman–Crippen LogP) is 3.97. The van der Waals surface area contributed by atoms with Gasteiger partial charge in [-0.3, -0.25) is 9.59 Å². The van der Waals surface area contributed by atoms with Crippen LogP contribution in [0.1, 0.15) is 17.5 Å². The fourth-order valence-electron chi connectivity index (χ4n) is 1.98. The number of amides is 1. The third-order valence-corrected chi connectivity index (χ3v) is 3.46. The van der Waals surface area contributed by atoms with Crippen LogP contribution < -0.4 is 5.32 Å². The fraction of sp³-hybridized carbons (Fsp3) is 0.176. The van der Waals surface area contributed by atoms with E-state index in [0.29, 0.717) is 16.7 Å². The van der Waals surface area contributed by atoms with Crippen LogP contribution in [0.25, 0.3) is 11.0 Å². The van der Waals surface area contributed by atoms with Crippen molar-refractivity contribution in [3.05, 3.63) is 52.9 Å². The number of benzene rings is 1. The van der Waals surface area contributed by atoms with Gasteiger partial charge in [0.15, 0.2) is 5.76 Å². The van der Waals surface area contributed by atoms with E-state index >= 15 is 0 Å². The molecular weight excluding hydrogens is 360 g/mol. The van der Waals surface area contributed by atoms with Crippen LogP contribution >= 0.6 is 15.9 Å². The average molecular weight is 377 g/mol. The number of ketones is 1. The molecule has 120 valence electrons. The van der Waals surface area contributed by atoms with Crippen molar-refractivity contribution in [3.63, 3.8) is 0 Å². The molecule has 6 heteroatoms. The van der Waals surface area contributed by atoms with Crippen molar-refractivity contribution in [2.75, 3.05) is 19.4 Å². The molecule has 0 spiro atoms. The van der Waals surface area contributed by atoms with Crippen molar-refractivity contribution in [1.29, 1.82) is 0 Å². The first-order chi connectivity index (χ1) is 10.9. The summed E-state index contributed by atoms with van der Waals surface area (Å²) in [7, 11) is 3.63. The van der Waals surface area contributed by atoms with E-state index < -0.39 is 0 Å². The normalized spacial score (nSPS) is 11.5. The van der Waals surface area contributed by atoms with E-state index in [1.54, 1.807) is 36.2 Å². The lowest BCUT2D eigenvalue weighted by molar-refractivity contribution is -0.111. The lowest BCUT2D eigenvalue weighted by Gasteiger charge is -2.04. The molecule has 1 amide bonds. The molecule has 1 heterocycles. The number of nitrogens with one attached hydrogen (secondary N) is 1. The molecule has 0 aliphatic carbocycles. The minimum atomic E-state index is -0.319. The highest BCUT2D eigenvalue weighted by molar-refractivity contribution is 9.10. The Morgan fingerprint density at radius 1 is 1.26 bits per heavy atom. The standard InChI is InChI=1S/C17H17BrN2O3/c1-4-5-15(22)19-16-12-10-11(18)6-7-14(12)23-17(16)13(21)8-9-20(2)3/h4-10H,1-3H3,(H,19,22). The van der Waals surface area contributed by atoms with Crippen LogP contribution in [0.2, 0.25) is 0 Å². The molecule has 2 aromatic rings. The largest absolute Gasteiger partial charge is 0.450 e. The van der Waals surface area contributed by atoms with Crippen LogP contribution in [0.5, 0.6) is 0 Å². The van der Waals surface area contributed by atoms with E-state index in [1.807, 2.05) is 20.2 Å². The maximum Gasteiger partial charge on any atom is 0.248 e. The van der Waals surface area contributed by atoms with Gasteiger partial charge in [0.25, 0.3) is 0 Å². The SMILES string of the molecule is CC=CC(=O)Nc1c(C(=O)C=CN(C)C)oc2ccc(Br)cc12. The number of carbonyl (C=O) groups is 2. The van der Waals surface area contributed by atoms with Crippen molar-refractivity contribution in [2.45, 2.75) is 6.92 Å². The number of allylic oxidation sites excluding steroid dienone is 2. The number of fused-ring (bicyclic) bond motifs is 1. The third kappa shape index (κ3) is 4.10. The van der Waals surface area contributed by atoms with Crippen molar-refractivity contribution < 1.29 is 14.0 Å². The first-order valence-corrected chi connectivity index (χ1v) is 7.76. The van der Waals surface area contributed by atoms with Gasteiger partial charge in [0.1, 0.15) is 5.58 Å². The number of anilines is 1. The molecule has 0 bridgehead atoms. The zero-order chi connectivity index (χ0) is 17.0. The molecule has 0 atom stereocenters. The Bertz CT molecular complexity index is 804. The third-order valence-electron chi connectivity index (χ3n) is 2.96. The summed E-state index contributed by atoms with van der Waals surface area (Å²) in [6.45, 7) is 1.75. The van der Waals surface area contributed by atoms with E-state index in [2.05, 4.69) is 21.2 Å². The Labute approximate surface area is 142 Å². The quantitative estimate of drug-likeness (QED) is 0.633. The van der Waals surface area contributed by atoms with Crippen molar-refractivity contribution in [2.24, 2.45) is 0 Å². The number of nitrogens with zero attached hydrogens (tertiary/aromatic N) is 1. The molecule has 0 radical (unpaired) electrons. The van der Waals surface area contributed by atoms with Gasteiger partial charge in [-0.1, -0.05) is 22.0 Å². The Kier molecular flexibility index (Phi) is 5.39. The van der Waals surface area contributed by atoms with E-state index in [-0.39, 0.29) is 17.5 Å². The average Bonchev–Trinajstić information content (AvgIpc) is 2.83. The molecule has 2 rings (SSSR count). The van der Waals surface area contributed by atoms with Gasteiger partial charge in [0, 0.05) is 36.2 Å². The van der Waals surface area contributed by atoms with Gasteiger partial charge in [-0.2, -0.15) is 0 Å². The number of carbonyl (C=O) groups excluding carboxylic acids is 2. The Balaban J connectivity index is 2.54. The van der Waals surface area contributed by atoms with Gasteiger partial charge >= 0.3 is 0 Å². The minimum absolute atomic E-state index is 0.106. The van der Waals surface area contributed by atoms with E-state index in [0.717, 1.165) is 4.47 Å². The van der Waals surface area contributed by atoms with Crippen molar-refractivity contribution in [3.8, 4) is 0 Å². The highest BCUT2D eigenvalue weighted by atomic mass is 79.9. The summed E-state index contributed by atoms with van der Waals surface area (Å²) in [6.07, 6.45) is 6.04. The van der Waals surface area contributed by atoms with Gasteiger partial charge in [-0.15, -0.1) is 0 Å². The summed E-state index contributed by atoms with van der Waals surface area (Å²) < 4.78 is 6.48. The summed E-state index contributed by atoms with van der Waals surface area (Å²) in [4.78, 5) is 26.0. The summed E-state index contributed by atoms with van der Waals surface area (Å²) in [5.41, 5.74) is 0.906. The van der Waals surface area contributed by atoms with Gasteiger partial charge in [-0.25, -0.2) is 0 Å². The molecule has 1 N–H and O–H groups in total. The van der Waals surface area contributed by atoms with Crippen LogP contribution in [-0.2, 0) is 4.79 Å². The second-order valence-electron chi connectivity index (χ2n) is 5.08. The van der Waals surface area contributed by atoms with Crippen LogP contribution in [0.15, 0.2) is 51.5 Å². The molecule has 23 heavy (non-hydrogen) atoms. The second-order valence-corrected chi connectivity index (χ2v) is 6.00. The maximum atomic E-state index is 12.4.